The average Bonchev–Trinajstić information content (AvgIpc) is 3.24. The van der Waals surface area contributed by atoms with Gasteiger partial charge < -0.3 is 24.6 Å². The minimum absolute atomic E-state index is 0.104. The number of nitrogens with zero attached hydrogens (tertiary/aromatic N) is 5. The van der Waals surface area contributed by atoms with E-state index < -0.39 is 6.23 Å². The van der Waals surface area contributed by atoms with Crippen LogP contribution in [0, 0.1) is 0 Å². The Bertz CT molecular complexity index is 1150. The first-order valence-electron chi connectivity index (χ1n) is 10.2. The summed E-state index contributed by atoms with van der Waals surface area (Å²) in [5.41, 5.74) is 3.34. The second-order valence-electron chi connectivity index (χ2n) is 7.64. The lowest BCUT2D eigenvalue weighted by molar-refractivity contribution is 0.210. The fourth-order valence-electron chi connectivity index (χ4n) is 3.77. The number of ether oxygens (including phenoxy) is 1. The minimum atomic E-state index is -0.854. The van der Waals surface area contributed by atoms with E-state index in [1.54, 1.807) is 38.7 Å². The van der Waals surface area contributed by atoms with Gasteiger partial charge >= 0.3 is 0 Å². The maximum Gasteiger partial charge on any atom is 0.250 e. The van der Waals surface area contributed by atoms with E-state index in [1.165, 1.54) is 10.6 Å². The maximum absolute atomic E-state index is 11.6. The zero-order chi connectivity index (χ0) is 22.0. The van der Waals surface area contributed by atoms with Gasteiger partial charge in [-0.05, 0) is 31.4 Å². The van der Waals surface area contributed by atoms with Gasteiger partial charge in [-0.3, -0.25) is 9.78 Å². The van der Waals surface area contributed by atoms with Gasteiger partial charge in [-0.25, -0.2) is 9.97 Å². The van der Waals surface area contributed by atoms with Gasteiger partial charge in [-0.15, -0.1) is 0 Å². The molecule has 2 N–H and O–H groups in total. The fourth-order valence-corrected chi connectivity index (χ4v) is 3.77. The highest BCUT2D eigenvalue weighted by molar-refractivity contribution is 5.60. The first kappa shape index (κ1) is 20.8. The molecule has 0 aromatic carbocycles. The van der Waals surface area contributed by atoms with Crippen molar-refractivity contribution in [2.45, 2.75) is 25.5 Å². The molecule has 9 heteroatoms. The van der Waals surface area contributed by atoms with Crippen molar-refractivity contribution in [3.63, 3.8) is 0 Å². The van der Waals surface area contributed by atoms with Crippen LogP contribution in [0.15, 0.2) is 41.5 Å². The monoisotopic (exact) mass is 422 g/mol. The predicted molar refractivity (Wildman–Crippen MR) is 118 cm³/mol. The smallest absolute Gasteiger partial charge is 0.250 e. The van der Waals surface area contributed by atoms with Crippen LogP contribution in [0.5, 0.6) is 5.75 Å². The topological polar surface area (TPSA) is 105 Å². The third-order valence-electron chi connectivity index (χ3n) is 5.33. The van der Waals surface area contributed by atoms with Crippen molar-refractivity contribution in [3.05, 3.63) is 58.3 Å². The molecule has 0 radical (unpaired) electrons. The molecule has 4 rings (SSSR count). The number of fused-ring (bicyclic) bond motifs is 1. The van der Waals surface area contributed by atoms with Crippen molar-refractivity contribution in [2.75, 3.05) is 30.9 Å². The first-order chi connectivity index (χ1) is 14.9. The van der Waals surface area contributed by atoms with Crippen LogP contribution in [0.2, 0.25) is 0 Å². The number of rotatable bonds is 7. The molecule has 3 aromatic rings. The van der Waals surface area contributed by atoms with E-state index in [4.69, 9.17) is 14.7 Å². The normalized spacial score (nSPS) is 13.5. The van der Waals surface area contributed by atoms with Crippen LogP contribution in [0.3, 0.4) is 0 Å². The highest BCUT2D eigenvalue weighted by Crippen LogP contribution is 2.31. The molecule has 0 bridgehead atoms. The van der Waals surface area contributed by atoms with Gasteiger partial charge in [0.15, 0.2) is 5.82 Å². The van der Waals surface area contributed by atoms with Crippen LogP contribution < -0.4 is 20.5 Å². The van der Waals surface area contributed by atoms with E-state index in [0.717, 1.165) is 36.3 Å². The largest absolute Gasteiger partial charge is 0.497 e. The summed E-state index contributed by atoms with van der Waals surface area (Å²) >= 11 is 0. The number of aliphatic hydroxyl groups excluding tert-OH is 1. The summed E-state index contributed by atoms with van der Waals surface area (Å²) in [6, 6.07) is 6.71. The van der Waals surface area contributed by atoms with Crippen molar-refractivity contribution < 1.29 is 9.84 Å². The number of hydrogen-bond acceptors (Lipinski definition) is 8. The number of aryl methyl sites for hydroxylation is 2. The predicted octanol–water partition coefficient (Wildman–Crippen LogP) is 1.60. The van der Waals surface area contributed by atoms with E-state index in [9.17, 15) is 9.90 Å². The number of aliphatic hydroxyl groups is 1. The fraction of sp³-hybridized carbons (Fsp3) is 0.364. The van der Waals surface area contributed by atoms with E-state index in [-0.39, 0.29) is 5.56 Å². The summed E-state index contributed by atoms with van der Waals surface area (Å²) < 4.78 is 6.76. The molecule has 1 atom stereocenters. The Hall–Kier alpha value is -3.46. The van der Waals surface area contributed by atoms with Crippen LogP contribution in [0.4, 0.5) is 11.5 Å². The molecule has 0 fully saturated rings. The van der Waals surface area contributed by atoms with Gasteiger partial charge in [-0.2, -0.15) is 0 Å². The molecule has 1 aliphatic rings. The highest BCUT2D eigenvalue weighted by Gasteiger charge is 2.23. The number of anilines is 2. The molecular formula is C22H26N6O3. The van der Waals surface area contributed by atoms with Gasteiger partial charge in [0, 0.05) is 49.9 Å². The van der Waals surface area contributed by atoms with Crippen molar-refractivity contribution >= 4 is 11.5 Å². The molecule has 9 nitrogen and oxygen atoms in total. The molecule has 0 amide bonds. The third kappa shape index (κ3) is 4.51. The molecule has 3 aromatic heterocycles. The van der Waals surface area contributed by atoms with Crippen LogP contribution in [-0.2, 0) is 19.9 Å². The number of methoxy groups -OCH3 is 1. The quantitative estimate of drug-likeness (QED) is 0.553. The van der Waals surface area contributed by atoms with E-state index in [1.807, 2.05) is 18.0 Å². The molecule has 162 valence electrons. The molecular weight excluding hydrogens is 396 g/mol. The van der Waals surface area contributed by atoms with Crippen LogP contribution in [-0.4, -0.2) is 51.6 Å². The Morgan fingerprint density at radius 1 is 1.29 bits per heavy atom. The molecule has 0 aliphatic heterocycles. The lowest BCUT2D eigenvalue weighted by Gasteiger charge is -2.25. The Morgan fingerprint density at radius 3 is 2.90 bits per heavy atom. The Balaban J connectivity index is 1.58. The van der Waals surface area contributed by atoms with Crippen molar-refractivity contribution in [2.24, 2.45) is 7.05 Å². The number of hydrogen-bond donors (Lipinski definition) is 2. The Morgan fingerprint density at radius 2 is 2.13 bits per heavy atom. The lowest BCUT2D eigenvalue weighted by atomic mass is 10.2. The summed E-state index contributed by atoms with van der Waals surface area (Å²) in [6.45, 7) is 0.303. The van der Waals surface area contributed by atoms with E-state index in [0.29, 0.717) is 29.5 Å². The van der Waals surface area contributed by atoms with Crippen molar-refractivity contribution in [1.82, 2.24) is 19.5 Å². The standard InChI is InChI=1S/C22H26N6O3/c1-27-12-14(7-8-20(27)30)24-19(29)13-28(2)22-16-5-4-6-17(16)25-21(26-22)18-11-15(31-3)9-10-23-18/h7-12,19,24,29H,4-6,13H2,1-3H3. The second kappa shape index (κ2) is 8.73. The van der Waals surface area contributed by atoms with E-state index in [2.05, 4.69) is 10.3 Å². The van der Waals surface area contributed by atoms with Crippen LogP contribution in [0.25, 0.3) is 11.5 Å². The number of pyridine rings is 2. The van der Waals surface area contributed by atoms with Crippen molar-refractivity contribution in [1.29, 1.82) is 0 Å². The first-order valence-corrected chi connectivity index (χ1v) is 10.2. The zero-order valence-electron chi connectivity index (χ0n) is 17.9. The lowest BCUT2D eigenvalue weighted by Crippen LogP contribution is -2.35. The Labute approximate surface area is 180 Å². The minimum Gasteiger partial charge on any atom is -0.497 e. The summed E-state index contributed by atoms with van der Waals surface area (Å²) in [7, 11) is 5.18. The molecule has 0 saturated carbocycles. The highest BCUT2D eigenvalue weighted by atomic mass is 16.5. The molecule has 3 heterocycles. The SMILES string of the molecule is COc1ccnc(-c2nc3c(c(N(C)CC(O)Nc4ccc(=O)n(C)c4)n2)CCC3)c1. The van der Waals surface area contributed by atoms with Gasteiger partial charge in [0.1, 0.15) is 23.5 Å². The van der Waals surface area contributed by atoms with Gasteiger partial charge in [-0.1, -0.05) is 0 Å². The van der Waals surface area contributed by atoms with E-state index >= 15 is 0 Å². The number of aromatic nitrogens is 4. The average molecular weight is 422 g/mol. The van der Waals surface area contributed by atoms with Crippen LogP contribution in [0.1, 0.15) is 17.7 Å². The maximum atomic E-state index is 11.6. The van der Waals surface area contributed by atoms with Gasteiger partial charge in [0.25, 0.3) is 0 Å². The molecule has 1 unspecified atom stereocenters. The van der Waals surface area contributed by atoms with Gasteiger partial charge in [0.05, 0.1) is 19.3 Å². The zero-order valence-corrected chi connectivity index (χ0v) is 17.9. The molecule has 0 spiro atoms. The number of likely N-dealkylation sites (N-methyl/N-ethyl adjacent to an activating group) is 1. The summed E-state index contributed by atoms with van der Waals surface area (Å²) in [6.07, 6.45) is 5.31. The summed E-state index contributed by atoms with van der Waals surface area (Å²) in [4.78, 5) is 27.4. The molecule has 31 heavy (non-hydrogen) atoms. The molecule has 1 aliphatic carbocycles. The summed E-state index contributed by atoms with van der Waals surface area (Å²) in [5.74, 6) is 2.03. The van der Waals surface area contributed by atoms with Crippen molar-refractivity contribution in [3.8, 4) is 17.3 Å². The van der Waals surface area contributed by atoms with Gasteiger partial charge in [0.2, 0.25) is 5.56 Å². The third-order valence-corrected chi connectivity index (χ3v) is 5.33. The second-order valence-corrected chi connectivity index (χ2v) is 7.64. The summed E-state index contributed by atoms with van der Waals surface area (Å²) in [5, 5.41) is 13.6. The number of nitrogens with one attached hydrogen (secondary N) is 1. The Kier molecular flexibility index (Phi) is 5.85. The molecule has 0 saturated heterocycles. The van der Waals surface area contributed by atoms with Crippen LogP contribution >= 0.6 is 0 Å².